The summed E-state index contributed by atoms with van der Waals surface area (Å²) in [5.74, 6) is 0.502. The summed E-state index contributed by atoms with van der Waals surface area (Å²) in [4.78, 5) is 8.73. The fourth-order valence-electron chi connectivity index (χ4n) is 3.54. The lowest BCUT2D eigenvalue weighted by Crippen LogP contribution is -2.28. The van der Waals surface area contributed by atoms with Crippen molar-refractivity contribution in [3.05, 3.63) is 23.7 Å². The standard InChI is InChI=1S/C16H21N5O2/c1-5-9-6-11(13-12(9)22-16(3,4)23-13)21-15-10(7-18-21)14(17)19-8(2)20-15/h6-7,11-13H,5H2,1-4H3,(H2,17,19,20)/t11-,12-,13+/m1/s1. The van der Waals surface area contributed by atoms with Crippen molar-refractivity contribution in [3.63, 3.8) is 0 Å². The van der Waals surface area contributed by atoms with Gasteiger partial charge in [-0.05, 0) is 32.8 Å². The number of ether oxygens (including phenoxy) is 2. The lowest BCUT2D eigenvalue weighted by molar-refractivity contribution is -0.148. The summed E-state index contributed by atoms with van der Waals surface area (Å²) < 4.78 is 14.1. The SMILES string of the molecule is CCC1=C[C@@H](n2ncc3c(N)nc(C)nc32)[C@@H]2OC(C)(C)O[C@H]12. The van der Waals surface area contributed by atoms with Gasteiger partial charge in [0.25, 0.3) is 0 Å². The normalized spacial score (nSPS) is 29.0. The molecule has 2 aromatic rings. The molecule has 0 amide bonds. The fourth-order valence-corrected chi connectivity index (χ4v) is 3.54. The van der Waals surface area contributed by atoms with E-state index in [4.69, 9.17) is 15.2 Å². The van der Waals surface area contributed by atoms with Crippen LogP contribution < -0.4 is 5.73 Å². The average Bonchev–Trinajstić information content (AvgIpc) is 3.09. The lowest BCUT2D eigenvalue weighted by atomic mass is 10.1. The molecule has 1 fully saturated rings. The summed E-state index contributed by atoms with van der Waals surface area (Å²) in [5.41, 5.74) is 7.98. The highest BCUT2D eigenvalue weighted by atomic mass is 16.8. The molecule has 1 aliphatic heterocycles. The molecule has 4 rings (SSSR count). The maximum absolute atomic E-state index is 6.14. The van der Waals surface area contributed by atoms with E-state index in [9.17, 15) is 0 Å². The van der Waals surface area contributed by atoms with Gasteiger partial charge in [0.1, 0.15) is 29.9 Å². The first-order valence-electron chi connectivity index (χ1n) is 7.93. The van der Waals surface area contributed by atoms with Crippen molar-refractivity contribution in [2.75, 3.05) is 5.73 Å². The molecular weight excluding hydrogens is 294 g/mol. The molecule has 3 atom stereocenters. The van der Waals surface area contributed by atoms with Crippen LogP contribution >= 0.6 is 0 Å². The Morgan fingerprint density at radius 3 is 2.83 bits per heavy atom. The van der Waals surface area contributed by atoms with Crippen LogP contribution in [0.4, 0.5) is 5.82 Å². The van der Waals surface area contributed by atoms with Crippen molar-refractivity contribution >= 4 is 16.9 Å². The molecule has 0 saturated carbocycles. The number of rotatable bonds is 2. The molecule has 7 nitrogen and oxygen atoms in total. The highest BCUT2D eigenvalue weighted by Crippen LogP contribution is 2.44. The number of aryl methyl sites for hydroxylation is 1. The fraction of sp³-hybridized carbons (Fsp3) is 0.562. The van der Waals surface area contributed by atoms with Crippen molar-refractivity contribution in [1.82, 2.24) is 19.7 Å². The van der Waals surface area contributed by atoms with Gasteiger partial charge in [-0.25, -0.2) is 14.6 Å². The lowest BCUT2D eigenvalue weighted by Gasteiger charge is -2.21. The number of fused-ring (bicyclic) bond motifs is 2. The molecule has 0 radical (unpaired) electrons. The summed E-state index contributed by atoms with van der Waals surface area (Å²) in [7, 11) is 0. The van der Waals surface area contributed by atoms with Crippen molar-refractivity contribution in [2.24, 2.45) is 0 Å². The van der Waals surface area contributed by atoms with Gasteiger partial charge in [-0.3, -0.25) is 0 Å². The van der Waals surface area contributed by atoms with E-state index in [-0.39, 0.29) is 18.2 Å². The average molecular weight is 315 g/mol. The minimum absolute atomic E-state index is 0.0282. The summed E-state index contributed by atoms with van der Waals surface area (Å²) >= 11 is 0. The van der Waals surface area contributed by atoms with Gasteiger partial charge in [0.15, 0.2) is 11.4 Å². The number of hydrogen-bond acceptors (Lipinski definition) is 6. The summed E-state index contributed by atoms with van der Waals surface area (Å²) in [6.45, 7) is 7.85. The molecule has 122 valence electrons. The van der Waals surface area contributed by atoms with Crippen LogP contribution in [-0.4, -0.2) is 37.7 Å². The molecule has 0 unspecified atom stereocenters. The maximum atomic E-state index is 6.14. The van der Waals surface area contributed by atoms with Crippen LogP contribution in [0.3, 0.4) is 0 Å². The predicted octanol–water partition coefficient (Wildman–Crippen LogP) is 2.13. The Morgan fingerprint density at radius 2 is 2.09 bits per heavy atom. The molecule has 2 N–H and O–H groups in total. The molecule has 1 saturated heterocycles. The van der Waals surface area contributed by atoms with Gasteiger partial charge in [0, 0.05) is 0 Å². The number of anilines is 1. The second kappa shape index (κ2) is 4.75. The number of nitrogens with zero attached hydrogens (tertiary/aromatic N) is 4. The molecular formula is C16H21N5O2. The first-order chi connectivity index (χ1) is 10.9. The van der Waals surface area contributed by atoms with Gasteiger partial charge in [-0.2, -0.15) is 5.10 Å². The highest BCUT2D eigenvalue weighted by Gasteiger charge is 2.50. The number of nitrogen functional groups attached to an aromatic ring is 1. The van der Waals surface area contributed by atoms with E-state index in [0.717, 1.165) is 17.5 Å². The smallest absolute Gasteiger partial charge is 0.164 e. The van der Waals surface area contributed by atoms with Crippen molar-refractivity contribution in [3.8, 4) is 0 Å². The van der Waals surface area contributed by atoms with Crippen LogP contribution in [0.5, 0.6) is 0 Å². The van der Waals surface area contributed by atoms with Crippen LogP contribution in [-0.2, 0) is 9.47 Å². The number of hydrogen-bond donors (Lipinski definition) is 1. The minimum Gasteiger partial charge on any atom is -0.383 e. The van der Waals surface area contributed by atoms with E-state index < -0.39 is 5.79 Å². The van der Waals surface area contributed by atoms with Crippen LogP contribution in [0.1, 0.15) is 39.1 Å². The maximum Gasteiger partial charge on any atom is 0.164 e. The Labute approximate surface area is 134 Å². The first-order valence-corrected chi connectivity index (χ1v) is 7.93. The van der Waals surface area contributed by atoms with Crippen LogP contribution in [0.15, 0.2) is 17.8 Å². The largest absolute Gasteiger partial charge is 0.383 e. The third-order valence-electron chi connectivity index (χ3n) is 4.50. The van der Waals surface area contributed by atoms with E-state index in [1.807, 2.05) is 25.5 Å². The van der Waals surface area contributed by atoms with Gasteiger partial charge in [-0.15, -0.1) is 0 Å². The van der Waals surface area contributed by atoms with Crippen LogP contribution in [0.25, 0.3) is 11.0 Å². The molecule has 1 aliphatic carbocycles. The minimum atomic E-state index is -0.588. The Balaban J connectivity index is 1.83. The Morgan fingerprint density at radius 1 is 1.30 bits per heavy atom. The molecule has 23 heavy (non-hydrogen) atoms. The van der Waals surface area contributed by atoms with E-state index in [0.29, 0.717) is 11.6 Å². The molecule has 0 bridgehead atoms. The van der Waals surface area contributed by atoms with Crippen molar-refractivity contribution < 1.29 is 9.47 Å². The Kier molecular flexibility index (Phi) is 3.01. The van der Waals surface area contributed by atoms with Gasteiger partial charge in [-0.1, -0.05) is 13.0 Å². The molecule has 0 aromatic carbocycles. The molecule has 2 aliphatic rings. The Hall–Kier alpha value is -1.99. The van der Waals surface area contributed by atoms with E-state index >= 15 is 0 Å². The molecule has 0 spiro atoms. The van der Waals surface area contributed by atoms with Gasteiger partial charge in [0.2, 0.25) is 0 Å². The number of aromatic nitrogens is 4. The van der Waals surface area contributed by atoms with Gasteiger partial charge >= 0.3 is 0 Å². The number of nitrogens with two attached hydrogens (primary N) is 1. The molecule has 7 heteroatoms. The topological polar surface area (TPSA) is 88.1 Å². The van der Waals surface area contributed by atoms with Crippen molar-refractivity contribution in [2.45, 2.75) is 58.2 Å². The second-order valence-corrected chi connectivity index (χ2v) is 6.59. The van der Waals surface area contributed by atoms with Crippen LogP contribution in [0.2, 0.25) is 0 Å². The third-order valence-corrected chi connectivity index (χ3v) is 4.50. The highest BCUT2D eigenvalue weighted by molar-refractivity contribution is 5.85. The molecule has 2 aromatic heterocycles. The Bertz CT molecular complexity index is 810. The summed E-state index contributed by atoms with van der Waals surface area (Å²) in [5, 5.41) is 5.28. The zero-order valence-corrected chi connectivity index (χ0v) is 13.8. The monoisotopic (exact) mass is 315 g/mol. The van der Waals surface area contributed by atoms with Gasteiger partial charge in [0.05, 0.1) is 11.6 Å². The van der Waals surface area contributed by atoms with Crippen LogP contribution in [0, 0.1) is 6.92 Å². The van der Waals surface area contributed by atoms with E-state index in [1.54, 1.807) is 6.20 Å². The third kappa shape index (κ3) is 2.14. The van der Waals surface area contributed by atoms with E-state index in [1.165, 1.54) is 5.57 Å². The zero-order chi connectivity index (χ0) is 16.4. The van der Waals surface area contributed by atoms with Crippen molar-refractivity contribution in [1.29, 1.82) is 0 Å². The second-order valence-electron chi connectivity index (χ2n) is 6.59. The first kappa shape index (κ1) is 14.6. The molecule has 3 heterocycles. The summed E-state index contributed by atoms with van der Waals surface area (Å²) in [6, 6.07) is -0.0528. The predicted molar refractivity (Wildman–Crippen MR) is 85.7 cm³/mol. The quantitative estimate of drug-likeness (QED) is 0.854. The summed E-state index contributed by atoms with van der Waals surface area (Å²) in [6.07, 6.45) is 4.70. The van der Waals surface area contributed by atoms with Gasteiger partial charge < -0.3 is 15.2 Å². The van der Waals surface area contributed by atoms with E-state index in [2.05, 4.69) is 28.1 Å². The zero-order valence-electron chi connectivity index (χ0n) is 13.8.